The van der Waals surface area contributed by atoms with Crippen LogP contribution in [0.15, 0.2) is 53.3 Å². The molecule has 0 amide bonds. The molecule has 2 heterocycles. The van der Waals surface area contributed by atoms with Gasteiger partial charge in [-0.05, 0) is 50.3 Å². The van der Waals surface area contributed by atoms with Gasteiger partial charge in [-0.2, -0.15) is 9.50 Å². The van der Waals surface area contributed by atoms with E-state index in [1.165, 1.54) is 28.0 Å². The van der Waals surface area contributed by atoms with E-state index in [1.54, 1.807) is 18.2 Å². The molecule has 0 atom stereocenters. The van der Waals surface area contributed by atoms with Crippen LogP contribution in [0.4, 0.5) is 4.39 Å². The summed E-state index contributed by atoms with van der Waals surface area (Å²) in [6.45, 7) is 3.93. The first-order valence-corrected chi connectivity index (χ1v) is 9.26. The molecule has 2 aromatic heterocycles. The van der Waals surface area contributed by atoms with Gasteiger partial charge in [0.2, 0.25) is 4.96 Å². The molecule has 0 saturated carbocycles. The average Bonchev–Trinajstić information content (AvgIpc) is 3.17. The highest BCUT2D eigenvalue weighted by Crippen LogP contribution is 2.21. The van der Waals surface area contributed by atoms with Crippen LogP contribution in [0.1, 0.15) is 19.4 Å². The molecule has 5 nitrogen and oxygen atoms in total. The van der Waals surface area contributed by atoms with Gasteiger partial charge in [-0.1, -0.05) is 29.5 Å². The van der Waals surface area contributed by atoms with Gasteiger partial charge in [0.25, 0.3) is 5.56 Å². The van der Waals surface area contributed by atoms with Gasteiger partial charge in [0.1, 0.15) is 11.6 Å². The maximum atomic E-state index is 13.8. The van der Waals surface area contributed by atoms with Crippen LogP contribution in [-0.2, 0) is 0 Å². The van der Waals surface area contributed by atoms with E-state index in [2.05, 4.69) is 10.1 Å². The van der Waals surface area contributed by atoms with Gasteiger partial charge in [0.05, 0.1) is 10.6 Å². The van der Waals surface area contributed by atoms with Crippen LogP contribution >= 0.6 is 11.3 Å². The lowest BCUT2D eigenvalue weighted by atomic mass is 10.2. The third-order valence-electron chi connectivity index (χ3n) is 3.86. The lowest BCUT2D eigenvalue weighted by Gasteiger charge is -2.09. The van der Waals surface area contributed by atoms with Crippen LogP contribution in [0, 0.1) is 5.82 Å². The molecule has 0 fully saturated rings. The topological polar surface area (TPSA) is 56.5 Å². The Morgan fingerprint density at radius 1 is 1.15 bits per heavy atom. The zero-order valence-electron chi connectivity index (χ0n) is 14.7. The van der Waals surface area contributed by atoms with E-state index in [0.717, 1.165) is 11.3 Å². The summed E-state index contributed by atoms with van der Waals surface area (Å²) in [5.74, 6) is 0.855. The molecular formula is C20H16FN3O2S. The number of hydrogen-bond donors (Lipinski definition) is 0. The van der Waals surface area contributed by atoms with Crippen molar-refractivity contribution in [1.82, 2.24) is 14.6 Å². The van der Waals surface area contributed by atoms with Gasteiger partial charge < -0.3 is 4.74 Å². The van der Waals surface area contributed by atoms with E-state index in [9.17, 15) is 9.18 Å². The lowest BCUT2D eigenvalue weighted by molar-refractivity contribution is 0.242. The number of hydrogen-bond acceptors (Lipinski definition) is 5. The first kappa shape index (κ1) is 17.4. The quantitative estimate of drug-likeness (QED) is 0.544. The Hall–Kier alpha value is -3.06. The van der Waals surface area contributed by atoms with Crippen molar-refractivity contribution in [1.29, 1.82) is 0 Å². The summed E-state index contributed by atoms with van der Waals surface area (Å²) in [6.07, 6.45) is 1.62. The van der Waals surface area contributed by atoms with Crippen LogP contribution in [-0.4, -0.2) is 20.7 Å². The van der Waals surface area contributed by atoms with Crippen LogP contribution in [0.2, 0.25) is 0 Å². The molecule has 0 unspecified atom stereocenters. The number of ether oxygens (including phenoxy) is 1. The number of nitrogens with zero attached hydrogens (tertiary/aromatic N) is 3. The number of thiazole rings is 1. The third-order valence-corrected chi connectivity index (χ3v) is 4.82. The molecule has 0 aliphatic rings. The van der Waals surface area contributed by atoms with Crippen LogP contribution < -0.4 is 14.8 Å². The van der Waals surface area contributed by atoms with Crippen LogP contribution in [0.5, 0.6) is 5.75 Å². The SMILES string of the molecule is CC(C)Oc1ccc(-c2nc3s/c(=C/c4ccccc4F)c(=O)n3n2)cc1. The summed E-state index contributed by atoms with van der Waals surface area (Å²) >= 11 is 1.18. The second-order valence-electron chi connectivity index (χ2n) is 6.26. The molecule has 0 N–H and O–H groups in total. The van der Waals surface area contributed by atoms with Gasteiger partial charge in [0.15, 0.2) is 5.82 Å². The molecule has 0 aliphatic heterocycles. The second-order valence-corrected chi connectivity index (χ2v) is 7.27. The molecule has 7 heteroatoms. The number of aromatic nitrogens is 3. The molecular weight excluding hydrogens is 365 g/mol. The monoisotopic (exact) mass is 381 g/mol. The molecule has 0 radical (unpaired) electrons. The number of rotatable bonds is 4. The Bertz CT molecular complexity index is 1210. The Labute approximate surface area is 158 Å². The van der Waals surface area contributed by atoms with E-state index >= 15 is 0 Å². The third kappa shape index (κ3) is 3.46. The Balaban J connectivity index is 1.71. The molecule has 0 spiro atoms. The van der Waals surface area contributed by atoms with E-state index in [-0.39, 0.29) is 17.5 Å². The standard InChI is InChI=1S/C20H16FN3O2S/c1-12(2)26-15-9-7-13(8-10-15)18-22-20-24(23-18)19(25)17(27-20)11-14-5-3-4-6-16(14)21/h3-12H,1-2H3/b17-11+. The summed E-state index contributed by atoms with van der Waals surface area (Å²) in [5.41, 5.74) is 0.845. The Kier molecular flexibility index (Phi) is 4.45. The van der Waals surface area contributed by atoms with Gasteiger partial charge in [-0.25, -0.2) is 4.39 Å². The predicted octanol–water partition coefficient (Wildman–Crippen LogP) is 3.29. The maximum absolute atomic E-state index is 13.8. The minimum Gasteiger partial charge on any atom is -0.491 e. The highest BCUT2D eigenvalue weighted by Gasteiger charge is 2.12. The predicted molar refractivity (Wildman–Crippen MR) is 104 cm³/mol. The molecule has 4 rings (SSSR count). The fourth-order valence-corrected chi connectivity index (χ4v) is 3.54. The maximum Gasteiger partial charge on any atom is 0.291 e. The largest absolute Gasteiger partial charge is 0.491 e. The van der Waals surface area contributed by atoms with Crippen LogP contribution in [0.25, 0.3) is 22.4 Å². The Morgan fingerprint density at radius 3 is 2.56 bits per heavy atom. The van der Waals surface area contributed by atoms with Crippen molar-refractivity contribution < 1.29 is 9.13 Å². The highest BCUT2D eigenvalue weighted by molar-refractivity contribution is 7.15. The second kappa shape index (κ2) is 6.92. The molecule has 2 aromatic carbocycles. The summed E-state index contributed by atoms with van der Waals surface area (Å²) < 4.78 is 21.1. The molecule has 136 valence electrons. The lowest BCUT2D eigenvalue weighted by Crippen LogP contribution is -2.23. The van der Waals surface area contributed by atoms with Crippen molar-refractivity contribution in [2.45, 2.75) is 20.0 Å². The fourth-order valence-electron chi connectivity index (χ4n) is 2.64. The first-order chi connectivity index (χ1) is 13.0. The average molecular weight is 381 g/mol. The molecule has 27 heavy (non-hydrogen) atoms. The van der Waals surface area contributed by atoms with E-state index < -0.39 is 0 Å². The normalized spacial score (nSPS) is 12.2. The first-order valence-electron chi connectivity index (χ1n) is 8.44. The summed E-state index contributed by atoms with van der Waals surface area (Å²) in [7, 11) is 0. The van der Waals surface area contributed by atoms with Crippen molar-refractivity contribution in [3.8, 4) is 17.1 Å². The van der Waals surface area contributed by atoms with Gasteiger partial charge in [0, 0.05) is 11.1 Å². The van der Waals surface area contributed by atoms with E-state index in [4.69, 9.17) is 4.74 Å². The number of benzene rings is 2. The van der Waals surface area contributed by atoms with E-state index in [0.29, 0.717) is 20.9 Å². The Morgan fingerprint density at radius 2 is 1.89 bits per heavy atom. The van der Waals surface area contributed by atoms with Crippen molar-refractivity contribution in [3.63, 3.8) is 0 Å². The van der Waals surface area contributed by atoms with Crippen molar-refractivity contribution in [2.24, 2.45) is 0 Å². The molecule has 0 aliphatic carbocycles. The summed E-state index contributed by atoms with van der Waals surface area (Å²) in [4.78, 5) is 17.5. The zero-order chi connectivity index (χ0) is 19.0. The smallest absolute Gasteiger partial charge is 0.291 e. The van der Waals surface area contributed by atoms with Crippen molar-refractivity contribution in [2.75, 3.05) is 0 Å². The summed E-state index contributed by atoms with van der Waals surface area (Å²) in [6, 6.07) is 13.7. The zero-order valence-corrected chi connectivity index (χ0v) is 15.5. The molecule has 0 bridgehead atoms. The minimum atomic E-state index is -0.375. The van der Waals surface area contributed by atoms with Crippen LogP contribution in [0.3, 0.4) is 0 Å². The van der Waals surface area contributed by atoms with Crippen molar-refractivity contribution >= 4 is 22.4 Å². The van der Waals surface area contributed by atoms with Gasteiger partial charge in [-0.3, -0.25) is 4.79 Å². The molecule has 0 saturated heterocycles. The highest BCUT2D eigenvalue weighted by atomic mass is 32.1. The summed E-state index contributed by atoms with van der Waals surface area (Å²) in [5, 5.41) is 4.31. The van der Waals surface area contributed by atoms with Gasteiger partial charge >= 0.3 is 0 Å². The van der Waals surface area contributed by atoms with Gasteiger partial charge in [-0.15, -0.1) is 5.10 Å². The van der Waals surface area contributed by atoms with E-state index in [1.807, 2.05) is 38.1 Å². The van der Waals surface area contributed by atoms with Crippen molar-refractivity contribution in [3.05, 3.63) is 74.8 Å². The minimum absolute atomic E-state index is 0.0964. The number of fused-ring (bicyclic) bond motifs is 1. The number of halogens is 1. The molecule has 4 aromatic rings. The fraction of sp³-hybridized carbons (Fsp3) is 0.150.